The maximum Gasteiger partial charge on any atom is 0.329 e. The Morgan fingerprint density at radius 1 is 1.10 bits per heavy atom. The second kappa shape index (κ2) is 6.89. The monoisotopic (exact) mass is 271 g/mol. The van der Waals surface area contributed by atoms with Gasteiger partial charge in [0.05, 0.1) is 19.0 Å². The van der Waals surface area contributed by atoms with Gasteiger partial charge < -0.3 is 9.73 Å². The van der Waals surface area contributed by atoms with Gasteiger partial charge in [-0.25, -0.2) is 5.43 Å². The van der Waals surface area contributed by atoms with Crippen molar-refractivity contribution in [1.29, 1.82) is 0 Å². The minimum Gasteiger partial charge on any atom is -0.467 e. The van der Waals surface area contributed by atoms with E-state index < -0.39 is 11.8 Å². The van der Waals surface area contributed by atoms with Crippen LogP contribution >= 0.6 is 0 Å². The fraction of sp³-hybridized carbons (Fsp3) is 0.0714. The van der Waals surface area contributed by atoms with E-state index in [-0.39, 0.29) is 6.54 Å². The van der Waals surface area contributed by atoms with Crippen molar-refractivity contribution in [2.24, 2.45) is 5.10 Å². The summed E-state index contributed by atoms with van der Waals surface area (Å²) in [5, 5.41) is 6.11. The highest BCUT2D eigenvalue weighted by atomic mass is 16.3. The van der Waals surface area contributed by atoms with Crippen molar-refractivity contribution in [3.05, 3.63) is 60.1 Å². The molecule has 6 nitrogen and oxygen atoms in total. The maximum absolute atomic E-state index is 11.4. The summed E-state index contributed by atoms with van der Waals surface area (Å²) >= 11 is 0. The number of carbonyl (C=O) groups excluding carboxylic acids is 2. The molecule has 2 aromatic rings. The lowest BCUT2D eigenvalue weighted by atomic mass is 10.2. The van der Waals surface area contributed by atoms with Crippen molar-refractivity contribution in [2.75, 3.05) is 0 Å². The molecule has 0 bridgehead atoms. The number of hydrogen-bond acceptors (Lipinski definition) is 4. The first-order chi connectivity index (χ1) is 9.75. The van der Waals surface area contributed by atoms with Crippen LogP contribution in [0.25, 0.3) is 0 Å². The smallest absolute Gasteiger partial charge is 0.329 e. The lowest BCUT2D eigenvalue weighted by Gasteiger charge is -2.01. The van der Waals surface area contributed by atoms with E-state index in [4.69, 9.17) is 4.42 Å². The SMILES string of the molecule is O=C(NCc1ccco1)C(=O)N/N=C/c1ccccc1. The summed E-state index contributed by atoms with van der Waals surface area (Å²) in [4.78, 5) is 22.9. The predicted octanol–water partition coefficient (Wildman–Crippen LogP) is 1.05. The molecule has 102 valence electrons. The first-order valence-electron chi connectivity index (χ1n) is 5.94. The average Bonchev–Trinajstić information content (AvgIpc) is 2.99. The molecule has 0 aliphatic heterocycles. The second-order valence-corrected chi connectivity index (χ2v) is 3.87. The zero-order valence-corrected chi connectivity index (χ0v) is 10.6. The third kappa shape index (κ3) is 4.09. The van der Waals surface area contributed by atoms with E-state index in [0.29, 0.717) is 5.76 Å². The van der Waals surface area contributed by atoms with Crippen LogP contribution in [0.5, 0.6) is 0 Å². The maximum atomic E-state index is 11.4. The fourth-order valence-electron chi connectivity index (χ4n) is 1.42. The molecule has 20 heavy (non-hydrogen) atoms. The minimum atomic E-state index is -0.830. The molecule has 6 heteroatoms. The van der Waals surface area contributed by atoms with Crippen LogP contribution in [-0.2, 0) is 16.1 Å². The van der Waals surface area contributed by atoms with E-state index >= 15 is 0 Å². The summed E-state index contributed by atoms with van der Waals surface area (Å²) in [5.41, 5.74) is 2.97. The molecule has 0 spiro atoms. The van der Waals surface area contributed by atoms with Gasteiger partial charge in [-0.3, -0.25) is 9.59 Å². The molecule has 2 amide bonds. The molecule has 2 N–H and O–H groups in total. The summed E-state index contributed by atoms with van der Waals surface area (Å²) in [5.74, 6) is -1.03. The molecule has 0 saturated carbocycles. The molecule has 0 atom stereocenters. The minimum absolute atomic E-state index is 0.154. The lowest BCUT2D eigenvalue weighted by molar-refractivity contribution is -0.139. The van der Waals surface area contributed by atoms with Crippen LogP contribution in [0.3, 0.4) is 0 Å². The van der Waals surface area contributed by atoms with Crippen molar-refractivity contribution in [3.8, 4) is 0 Å². The van der Waals surface area contributed by atoms with Gasteiger partial charge >= 0.3 is 11.8 Å². The van der Waals surface area contributed by atoms with Gasteiger partial charge in [0.15, 0.2) is 0 Å². The molecule has 0 saturated heterocycles. The highest BCUT2D eigenvalue weighted by Gasteiger charge is 2.12. The number of rotatable bonds is 4. The Morgan fingerprint density at radius 3 is 2.60 bits per heavy atom. The number of amides is 2. The summed E-state index contributed by atoms with van der Waals surface area (Å²) in [6.45, 7) is 0.154. The van der Waals surface area contributed by atoms with Gasteiger partial charge in [0.1, 0.15) is 5.76 Å². The molecule has 0 unspecified atom stereocenters. The van der Waals surface area contributed by atoms with Gasteiger partial charge in [-0.05, 0) is 17.7 Å². The van der Waals surface area contributed by atoms with Crippen LogP contribution in [0.4, 0.5) is 0 Å². The van der Waals surface area contributed by atoms with E-state index in [1.165, 1.54) is 12.5 Å². The van der Waals surface area contributed by atoms with Crippen LogP contribution in [0.1, 0.15) is 11.3 Å². The summed E-state index contributed by atoms with van der Waals surface area (Å²) in [7, 11) is 0. The number of carbonyl (C=O) groups is 2. The van der Waals surface area contributed by atoms with Crippen LogP contribution in [0.2, 0.25) is 0 Å². The second-order valence-electron chi connectivity index (χ2n) is 3.87. The average molecular weight is 271 g/mol. The number of nitrogens with one attached hydrogen (secondary N) is 2. The topological polar surface area (TPSA) is 83.7 Å². The highest BCUT2D eigenvalue weighted by Crippen LogP contribution is 1.98. The van der Waals surface area contributed by atoms with Crippen molar-refractivity contribution < 1.29 is 14.0 Å². The number of benzene rings is 1. The van der Waals surface area contributed by atoms with E-state index in [9.17, 15) is 9.59 Å². The van der Waals surface area contributed by atoms with Crippen molar-refractivity contribution in [1.82, 2.24) is 10.7 Å². The number of furan rings is 1. The first kappa shape index (κ1) is 13.5. The molecular formula is C14H13N3O3. The Labute approximate surface area is 115 Å². The molecule has 0 radical (unpaired) electrons. The highest BCUT2D eigenvalue weighted by molar-refractivity contribution is 6.35. The molecular weight excluding hydrogens is 258 g/mol. The number of hydrogen-bond donors (Lipinski definition) is 2. The first-order valence-corrected chi connectivity index (χ1v) is 5.94. The normalized spacial score (nSPS) is 10.4. The Kier molecular flexibility index (Phi) is 4.66. The van der Waals surface area contributed by atoms with Crippen LogP contribution in [-0.4, -0.2) is 18.0 Å². The predicted molar refractivity (Wildman–Crippen MR) is 72.7 cm³/mol. The van der Waals surface area contributed by atoms with Crippen LogP contribution in [0.15, 0.2) is 58.2 Å². The molecule has 0 aliphatic rings. The Morgan fingerprint density at radius 2 is 1.90 bits per heavy atom. The van der Waals surface area contributed by atoms with E-state index in [0.717, 1.165) is 5.56 Å². The Hall–Kier alpha value is -2.89. The van der Waals surface area contributed by atoms with Gasteiger partial charge in [-0.1, -0.05) is 30.3 Å². The summed E-state index contributed by atoms with van der Waals surface area (Å²) in [6.07, 6.45) is 2.95. The van der Waals surface area contributed by atoms with E-state index in [1.807, 2.05) is 30.3 Å². The fourth-order valence-corrected chi connectivity index (χ4v) is 1.42. The van der Waals surface area contributed by atoms with Crippen LogP contribution in [0, 0.1) is 0 Å². The van der Waals surface area contributed by atoms with Crippen molar-refractivity contribution >= 4 is 18.0 Å². The zero-order chi connectivity index (χ0) is 14.2. The van der Waals surface area contributed by atoms with E-state index in [2.05, 4.69) is 15.8 Å². The standard InChI is InChI=1S/C14H13N3O3/c18-13(15-10-12-7-4-8-20-12)14(19)17-16-9-11-5-2-1-3-6-11/h1-9H,10H2,(H,15,18)(H,17,19)/b16-9+. The van der Waals surface area contributed by atoms with Crippen molar-refractivity contribution in [3.63, 3.8) is 0 Å². The number of hydrazone groups is 1. The van der Waals surface area contributed by atoms with E-state index in [1.54, 1.807) is 12.1 Å². The molecule has 1 heterocycles. The quantitative estimate of drug-likeness (QED) is 0.495. The van der Waals surface area contributed by atoms with Gasteiger partial charge in [0.25, 0.3) is 0 Å². The Balaban J connectivity index is 1.76. The molecule has 0 fully saturated rings. The van der Waals surface area contributed by atoms with Gasteiger partial charge in [0, 0.05) is 0 Å². The summed E-state index contributed by atoms with van der Waals surface area (Å²) < 4.78 is 5.03. The largest absolute Gasteiger partial charge is 0.467 e. The van der Waals surface area contributed by atoms with Gasteiger partial charge in [0.2, 0.25) is 0 Å². The third-order valence-electron chi connectivity index (χ3n) is 2.39. The zero-order valence-electron chi connectivity index (χ0n) is 10.6. The van der Waals surface area contributed by atoms with Gasteiger partial charge in [-0.2, -0.15) is 5.10 Å². The van der Waals surface area contributed by atoms with Crippen molar-refractivity contribution in [2.45, 2.75) is 6.54 Å². The van der Waals surface area contributed by atoms with Crippen LogP contribution < -0.4 is 10.7 Å². The summed E-state index contributed by atoms with van der Waals surface area (Å²) in [6, 6.07) is 12.6. The molecule has 2 rings (SSSR count). The molecule has 1 aromatic carbocycles. The molecule has 1 aromatic heterocycles. The number of nitrogens with zero attached hydrogens (tertiary/aromatic N) is 1. The van der Waals surface area contributed by atoms with Gasteiger partial charge in [-0.15, -0.1) is 0 Å². The third-order valence-corrected chi connectivity index (χ3v) is 2.39. The lowest BCUT2D eigenvalue weighted by Crippen LogP contribution is -2.37. The Bertz CT molecular complexity index is 591. The molecule has 0 aliphatic carbocycles.